The minimum absolute atomic E-state index is 0.312. The van der Waals surface area contributed by atoms with Gasteiger partial charge in [0.2, 0.25) is 0 Å². The fourth-order valence-electron chi connectivity index (χ4n) is 2.29. The van der Waals surface area contributed by atoms with Crippen LogP contribution in [0.1, 0.15) is 15.9 Å². The van der Waals surface area contributed by atoms with E-state index in [0.29, 0.717) is 5.56 Å². The van der Waals surface area contributed by atoms with E-state index in [-0.39, 0.29) is 0 Å². The third-order valence-corrected chi connectivity index (χ3v) is 3.43. The largest absolute Gasteiger partial charge is 0.478 e. The van der Waals surface area contributed by atoms with Crippen LogP contribution in [-0.4, -0.2) is 11.1 Å². The molecule has 0 bridgehead atoms. The van der Waals surface area contributed by atoms with Crippen LogP contribution in [0.25, 0.3) is 10.8 Å². The number of nitrogens with one attached hydrogen (secondary N) is 1. The predicted molar refractivity (Wildman–Crippen MR) is 84.7 cm³/mol. The standard InChI is InChI=1S/C18H15NO2/c20-18(21)16-7-6-15-11-17(9-8-14(15)10-16)19-12-13-4-2-1-3-5-13/h1-11,19H,12H2,(H,20,21). The summed E-state index contributed by atoms with van der Waals surface area (Å²) in [5.41, 5.74) is 2.56. The van der Waals surface area contributed by atoms with Gasteiger partial charge in [0.15, 0.2) is 0 Å². The third kappa shape index (κ3) is 3.03. The van der Waals surface area contributed by atoms with Gasteiger partial charge in [0.25, 0.3) is 0 Å². The number of carboxylic acid groups (broad SMARTS) is 1. The van der Waals surface area contributed by atoms with Crippen LogP contribution in [-0.2, 0) is 6.54 Å². The van der Waals surface area contributed by atoms with E-state index in [1.807, 2.05) is 42.5 Å². The topological polar surface area (TPSA) is 49.3 Å². The summed E-state index contributed by atoms with van der Waals surface area (Å²) in [6.07, 6.45) is 0. The van der Waals surface area contributed by atoms with Crippen LogP contribution in [0.4, 0.5) is 5.69 Å². The lowest BCUT2D eigenvalue weighted by Crippen LogP contribution is -1.99. The molecular formula is C18H15NO2. The maximum Gasteiger partial charge on any atom is 0.335 e. The predicted octanol–water partition coefficient (Wildman–Crippen LogP) is 4.15. The van der Waals surface area contributed by atoms with Gasteiger partial charge in [-0.3, -0.25) is 0 Å². The van der Waals surface area contributed by atoms with Crippen LogP contribution in [0.2, 0.25) is 0 Å². The summed E-state index contributed by atoms with van der Waals surface area (Å²) in [6.45, 7) is 0.763. The zero-order valence-corrected chi connectivity index (χ0v) is 11.4. The van der Waals surface area contributed by atoms with Crippen molar-refractivity contribution in [2.75, 3.05) is 5.32 Å². The molecular weight excluding hydrogens is 262 g/mol. The Labute approximate surface area is 122 Å². The summed E-state index contributed by atoms with van der Waals surface area (Å²) in [4.78, 5) is 11.0. The van der Waals surface area contributed by atoms with E-state index in [1.165, 1.54) is 5.56 Å². The number of carbonyl (C=O) groups is 1. The average Bonchev–Trinajstić information content (AvgIpc) is 2.53. The number of rotatable bonds is 4. The number of hydrogen-bond donors (Lipinski definition) is 2. The Hall–Kier alpha value is -2.81. The van der Waals surface area contributed by atoms with E-state index in [9.17, 15) is 4.79 Å². The Morgan fingerprint density at radius 2 is 1.62 bits per heavy atom. The number of fused-ring (bicyclic) bond motifs is 1. The Bertz CT molecular complexity index is 782. The highest BCUT2D eigenvalue weighted by Gasteiger charge is 2.04. The van der Waals surface area contributed by atoms with Crippen molar-refractivity contribution in [1.29, 1.82) is 0 Å². The van der Waals surface area contributed by atoms with Crippen molar-refractivity contribution in [2.24, 2.45) is 0 Å². The van der Waals surface area contributed by atoms with Gasteiger partial charge in [0.1, 0.15) is 0 Å². The highest BCUT2D eigenvalue weighted by molar-refractivity contribution is 5.95. The van der Waals surface area contributed by atoms with Crippen LogP contribution < -0.4 is 5.32 Å². The second-order valence-corrected chi connectivity index (χ2v) is 4.92. The molecule has 0 aromatic heterocycles. The molecule has 0 amide bonds. The zero-order chi connectivity index (χ0) is 14.7. The van der Waals surface area contributed by atoms with Crippen LogP contribution in [0.15, 0.2) is 66.7 Å². The molecule has 0 heterocycles. The van der Waals surface area contributed by atoms with Crippen molar-refractivity contribution >= 4 is 22.4 Å². The Kier molecular flexibility index (Phi) is 3.56. The quantitative estimate of drug-likeness (QED) is 0.753. The molecule has 0 aliphatic carbocycles. The molecule has 0 fully saturated rings. The first-order valence-electron chi connectivity index (χ1n) is 6.77. The molecule has 3 heteroatoms. The lowest BCUT2D eigenvalue weighted by atomic mass is 10.1. The van der Waals surface area contributed by atoms with Gasteiger partial charge < -0.3 is 10.4 Å². The van der Waals surface area contributed by atoms with Gasteiger partial charge in [-0.05, 0) is 40.6 Å². The lowest BCUT2D eigenvalue weighted by molar-refractivity contribution is 0.0697. The van der Waals surface area contributed by atoms with Gasteiger partial charge in [-0.15, -0.1) is 0 Å². The Morgan fingerprint density at radius 3 is 2.38 bits per heavy atom. The SMILES string of the molecule is O=C(O)c1ccc2cc(NCc3ccccc3)ccc2c1. The van der Waals surface area contributed by atoms with E-state index < -0.39 is 5.97 Å². The molecule has 3 aromatic rings. The monoisotopic (exact) mass is 277 g/mol. The smallest absolute Gasteiger partial charge is 0.335 e. The highest BCUT2D eigenvalue weighted by Crippen LogP contribution is 2.21. The summed E-state index contributed by atoms with van der Waals surface area (Å²) in [7, 11) is 0. The minimum Gasteiger partial charge on any atom is -0.478 e. The molecule has 0 aliphatic heterocycles. The Balaban J connectivity index is 1.81. The highest BCUT2D eigenvalue weighted by atomic mass is 16.4. The molecule has 0 atom stereocenters. The number of anilines is 1. The van der Waals surface area contributed by atoms with E-state index in [2.05, 4.69) is 17.4 Å². The van der Waals surface area contributed by atoms with Crippen LogP contribution >= 0.6 is 0 Å². The summed E-state index contributed by atoms with van der Waals surface area (Å²) in [5.74, 6) is -0.900. The molecule has 3 aromatic carbocycles. The first-order valence-corrected chi connectivity index (χ1v) is 6.77. The lowest BCUT2D eigenvalue weighted by Gasteiger charge is -2.08. The van der Waals surface area contributed by atoms with Crippen molar-refractivity contribution < 1.29 is 9.90 Å². The maximum atomic E-state index is 11.0. The molecule has 0 unspecified atom stereocenters. The van der Waals surface area contributed by atoms with Gasteiger partial charge in [0.05, 0.1) is 5.56 Å². The van der Waals surface area contributed by atoms with E-state index >= 15 is 0 Å². The zero-order valence-electron chi connectivity index (χ0n) is 11.4. The number of aromatic carboxylic acids is 1. The average molecular weight is 277 g/mol. The molecule has 21 heavy (non-hydrogen) atoms. The molecule has 3 rings (SSSR count). The first kappa shape index (κ1) is 13.2. The second kappa shape index (κ2) is 5.67. The maximum absolute atomic E-state index is 11.0. The normalized spacial score (nSPS) is 10.5. The molecule has 0 saturated heterocycles. The second-order valence-electron chi connectivity index (χ2n) is 4.92. The van der Waals surface area contributed by atoms with Crippen molar-refractivity contribution in [3.8, 4) is 0 Å². The van der Waals surface area contributed by atoms with Gasteiger partial charge >= 0.3 is 5.97 Å². The van der Waals surface area contributed by atoms with E-state index in [4.69, 9.17) is 5.11 Å². The molecule has 104 valence electrons. The van der Waals surface area contributed by atoms with E-state index in [1.54, 1.807) is 12.1 Å². The van der Waals surface area contributed by atoms with Crippen molar-refractivity contribution in [3.63, 3.8) is 0 Å². The van der Waals surface area contributed by atoms with Crippen molar-refractivity contribution in [2.45, 2.75) is 6.54 Å². The molecule has 0 radical (unpaired) electrons. The first-order chi connectivity index (χ1) is 10.2. The fourth-order valence-corrected chi connectivity index (χ4v) is 2.29. The van der Waals surface area contributed by atoms with Gasteiger partial charge in [-0.2, -0.15) is 0 Å². The Morgan fingerprint density at radius 1 is 0.905 bits per heavy atom. The summed E-state index contributed by atoms with van der Waals surface area (Å²) < 4.78 is 0. The van der Waals surface area contributed by atoms with Crippen LogP contribution in [0.3, 0.4) is 0 Å². The summed E-state index contributed by atoms with van der Waals surface area (Å²) >= 11 is 0. The van der Waals surface area contributed by atoms with E-state index in [0.717, 1.165) is 23.0 Å². The number of hydrogen-bond acceptors (Lipinski definition) is 2. The van der Waals surface area contributed by atoms with Gasteiger partial charge in [0, 0.05) is 12.2 Å². The number of benzene rings is 3. The summed E-state index contributed by atoms with van der Waals surface area (Å²) in [5, 5.41) is 14.3. The molecule has 0 spiro atoms. The minimum atomic E-state index is -0.900. The van der Waals surface area contributed by atoms with Crippen LogP contribution in [0, 0.1) is 0 Å². The number of carboxylic acids is 1. The van der Waals surface area contributed by atoms with Gasteiger partial charge in [-0.1, -0.05) is 42.5 Å². The fraction of sp³-hybridized carbons (Fsp3) is 0.0556. The molecule has 2 N–H and O–H groups in total. The molecule has 0 saturated carbocycles. The van der Waals surface area contributed by atoms with Crippen molar-refractivity contribution in [3.05, 3.63) is 77.9 Å². The third-order valence-electron chi connectivity index (χ3n) is 3.43. The van der Waals surface area contributed by atoms with Crippen LogP contribution in [0.5, 0.6) is 0 Å². The molecule has 0 aliphatic rings. The molecule has 3 nitrogen and oxygen atoms in total. The van der Waals surface area contributed by atoms with Gasteiger partial charge in [-0.25, -0.2) is 4.79 Å². The summed E-state index contributed by atoms with van der Waals surface area (Å²) in [6, 6.07) is 21.3. The van der Waals surface area contributed by atoms with Crippen molar-refractivity contribution in [1.82, 2.24) is 0 Å².